The molecule has 1 fully saturated rings. The van der Waals surface area contributed by atoms with E-state index >= 15 is 0 Å². The number of nitrogens with one attached hydrogen (secondary N) is 1. The fraction of sp³-hybridized carbons (Fsp3) is 0.462. The SMILES string of the molecule is N=[N+]=NC[C@@H]1CN(C(=O)O)CCO[C@H]1c1ccc(Cl)c(F)c1. The van der Waals surface area contributed by atoms with Gasteiger partial charge in [0.15, 0.2) is 0 Å². The summed E-state index contributed by atoms with van der Waals surface area (Å²) in [5.74, 6) is -0.934. The Balaban J connectivity index is 2.30. The van der Waals surface area contributed by atoms with Gasteiger partial charge in [0.25, 0.3) is 0 Å². The molecule has 1 aliphatic rings. The first-order valence-corrected chi connectivity index (χ1v) is 6.98. The topological polar surface area (TPSA) is 100 Å². The first-order chi connectivity index (χ1) is 10.5. The fourth-order valence-corrected chi connectivity index (χ4v) is 2.54. The van der Waals surface area contributed by atoms with Gasteiger partial charge in [0.1, 0.15) is 23.0 Å². The van der Waals surface area contributed by atoms with E-state index in [1.165, 1.54) is 17.0 Å². The number of carbonyl (C=O) groups is 1. The predicted octanol–water partition coefficient (Wildman–Crippen LogP) is 2.70. The van der Waals surface area contributed by atoms with E-state index < -0.39 is 18.0 Å². The third kappa shape index (κ3) is 3.79. The van der Waals surface area contributed by atoms with Crippen molar-refractivity contribution in [2.24, 2.45) is 11.0 Å². The van der Waals surface area contributed by atoms with Gasteiger partial charge in [-0.2, -0.15) is 0 Å². The van der Waals surface area contributed by atoms with Crippen LogP contribution in [-0.2, 0) is 4.74 Å². The minimum atomic E-state index is -1.06. The van der Waals surface area contributed by atoms with E-state index in [0.717, 1.165) is 0 Å². The quantitative estimate of drug-likeness (QED) is 0.658. The Morgan fingerprint density at radius 1 is 1.64 bits per heavy atom. The second-order valence-corrected chi connectivity index (χ2v) is 5.28. The normalized spacial score (nSPS) is 21.8. The number of rotatable bonds is 3. The van der Waals surface area contributed by atoms with Crippen molar-refractivity contribution in [3.8, 4) is 0 Å². The third-order valence-corrected chi connectivity index (χ3v) is 3.78. The molecule has 0 radical (unpaired) electrons. The van der Waals surface area contributed by atoms with Crippen molar-refractivity contribution in [1.82, 2.24) is 9.81 Å². The molecule has 0 aliphatic carbocycles. The van der Waals surface area contributed by atoms with E-state index in [4.69, 9.17) is 27.0 Å². The Hall–Kier alpha value is -2.02. The Bertz CT molecular complexity index is 609. The summed E-state index contributed by atoms with van der Waals surface area (Å²) in [7, 11) is 0. The molecule has 1 aromatic rings. The molecule has 9 heteroatoms. The second kappa shape index (κ2) is 7.31. The van der Waals surface area contributed by atoms with Gasteiger partial charge in [-0.1, -0.05) is 17.7 Å². The first kappa shape index (κ1) is 16.4. The maximum Gasteiger partial charge on any atom is 0.407 e. The Labute approximate surface area is 130 Å². The standard InChI is InChI=1S/C13H14ClFN4O3/c14-10-2-1-8(5-11(10)15)12-9(6-17-18-16)7-19(13(20)21)3-4-22-12/h1-2,5,9,12,16H,3-4,6-7H2/p+1/t9-,12+/m1/s1. The van der Waals surface area contributed by atoms with E-state index in [1.807, 2.05) is 0 Å². The van der Waals surface area contributed by atoms with Crippen LogP contribution in [0.15, 0.2) is 23.3 Å². The van der Waals surface area contributed by atoms with Gasteiger partial charge in [0.2, 0.25) is 4.91 Å². The monoisotopic (exact) mass is 329 g/mol. The summed E-state index contributed by atoms with van der Waals surface area (Å²) in [4.78, 5) is 15.3. The molecule has 1 aliphatic heterocycles. The number of ether oxygens (including phenoxy) is 1. The van der Waals surface area contributed by atoms with Crippen LogP contribution in [0.4, 0.5) is 9.18 Å². The van der Waals surface area contributed by atoms with Crippen molar-refractivity contribution in [2.75, 3.05) is 26.2 Å². The van der Waals surface area contributed by atoms with E-state index in [0.29, 0.717) is 5.56 Å². The van der Waals surface area contributed by atoms with E-state index in [9.17, 15) is 9.18 Å². The van der Waals surface area contributed by atoms with E-state index in [1.54, 1.807) is 6.07 Å². The number of nitrogens with zero attached hydrogens (tertiary/aromatic N) is 3. The highest BCUT2D eigenvalue weighted by Gasteiger charge is 2.32. The molecule has 1 saturated heterocycles. The lowest BCUT2D eigenvalue weighted by atomic mass is 9.95. The summed E-state index contributed by atoms with van der Waals surface area (Å²) < 4.78 is 19.4. The molecule has 22 heavy (non-hydrogen) atoms. The number of hydrogen-bond acceptors (Lipinski definition) is 4. The fourth-order valence-electron chi connectivity index (χ4n) is 2.43. The average molecular weight is 330 g/mol. The molecular formula is C13H15ClFN4O3+. The molecule has 0 unspecified atom stereocenters. The maximum atomic E-state index is 13.7. The number of halogens is 2. The summed E-state index contributed by atoms with van der Waals surface area (Å²) >= 11 is 5.68. The Morgan fingerprint density at radius 2 is 2.41 bits per heavy atom. The molecule has 0 bridgehead atoms. The number of hydrogen-bond donors (Lipinski definition) is 2. The minimum absolute atomic E-state index is 0.00642. The van der Waals surface area contributed by atoms with Crippen molar-refractivity contribution < 1.29 is 19.0 Å². The Morgan fingerprint density at radius 3 is 3.05 bits per heavy atom. The zero-order chi connectivity index (χ0) is 16.1. The highest BCUT2D eigenvalue weighted by molar-refractivity contribution is 6.30. The van der Waals surface area contributed by atoms with Crippen LogP contribution in [0, 0.1) is 17.3 Å². The molecule has 7 nitrogen and oxygen atoms in total. The van der Waals surface area contributed by atoms with Crippen molar-refractivity contribution in [3.05, 3.63) is 34.6 Å². The Kier molecular flexibility index (Phi) is 5.43. The zero-order valence-corrected chi connectivity index (χ0v) is 12.3. The summed E-state index contributed by atoms with van der Waals surface area (Å²) in [5, 5.41) is 12.8. The van der Waals surface area contributed by atoms with Crippen LogP contribution in [0.2, 0.25) is 5.02 Å². The molecule has 2 rings (SSSR count). The highest BCUT2D eigenvalue weighted by atomic mass is 35.5. The first-order valence-electron chi connectivity index (χ1n) is 6.60. The van der Waals surface area contributed by atoms with Crippen LogP contribution in [-0.4, -0.2) is 42.3 Å². The smallest absolute Gasteiger partial charge is 0.407 e. The van der Waals surface area contributed by atoms with Crippen LogP contribution >= 0.6 is 11.6 Å². The molecule has 2 N–H and O–H groups in total. The highest BCUT2D eigenvalue weighted by Crippen LogP contribution is 2.31. The van der Waals surface area contributed by atoms with Gasteiger partial charge in [-0.05, 0) is 17.7 Å². The van der Waals surface area contributed by atoms with Crippen LogP contribution < -0.4 is 4.91 Å². The van der Waals surface area contributed by atoms with E-state index in [2.05, 4.69) is 10.0 Å². The molecule has 0 aromatic heterocycles. The van der Waals surface area contributed by atoms with Gasteiger partial charge in [0.05, 0.1) is 17.7 Å². The molecule has 2 atom stereocenters. The van der Waals surface area contributed by atoms with Gasteiger partial charge >= 0.3 is 6.09 Å². The van der Waals surface area contributed by atoms with Crippen LogP contribution in [0.1, 0.15) is 11.7 Å². The molecule has 1 heterocycles. The number of amides is 1. The van der Waals surface area contributed by atoms with Crippen LogP contribution in [0.5, 0.6) is 0 Å². The lowest BCUT2D eigenvalue weighted by molar-refractivity contribution is 0.0325. The number of benzene rings is 1. The van der Waals surface area contributed by atoms with Crippen LogP contribution in [0.25, 0.3) is 0 Å². The van der Waals surface area contributed by atoms with E-state index in [-0.39, 0.29) is 37.2 Å². The van der Waals surface area contributed by atoms with Crippen LogP contribution in [0.3, 0.4) is 0 Å². The molecule has 0 saturated carbocycles. The summed E-state index contributed by atoms with van der Waals surface area (Å²) in [6, 6.07) is 4.34. The number of carboxylic acid groups (broad SMARTS) is 1. The second-order valence-electron chi connectivity index (χ2n) is 4.88. The molecular weight excluding hydrogens is 315 g/mol. The molecule has 0 spiro atoms. The molecule has 118 valence electrons. The summed E-state index contributed by atoms with van der Waals surface area (Å²) in [6.07, 6.45) is -1.60. The molecule has 1 aromatic carbocycles. The van der Waals surface area contributed by atoms with Crippen molar-refractivity contribution >= 4 is 17.7 Å². The summed E-state index contributed by atoms with van der Waals surface area (Å²) in [5.41, 5.74) is 7.31. The largest absolute Gasteiger partial charge is 0.465 e. The predicted molar refractivity (Wildman–Crippen MR) is 75.3 cm³/mol. The maximum absolute atomic E-state index is 13.7. The van der Waals surface area contributed by atoms with Gasteiger partial charge in [-0.25, -0.2) is 9.18 Å². The van der Waals surface area contributed by atoms with Crippen molar-refractivity contribution in [1.29, 1.82) is 5.53 Å². The zero-order valence-electron chi connectivity index (χ0n) is 11.6. The third-order valence-electron chi connectivity index (χ3n) is 3.47. The van der Waals surface area contributed by atoms with Gasteiger partial charge < -0.3 is 14.7 Å². The van der Waals surface area contributed by atoms with Crippen molar-refractivity contribution in [3.63, 3.8) is 0 Å². The average Bonchev–Trinajstić information content (AvgIpc) is 2.70. The van der Waals surface area contributed by atoms with Gasteiger partial charge in [-0.3, -0.25) is 0 Å². The summed E-state index contributed by atoms with van der Waals surface area (Å²) in [6.45, 7) is 0.692. The van der Waals surface area contributed by atoms with Gasteiger partial charge in [-0.15, -0.1) is 0 Å². The van der Waals surface area contributed by atoms with Crippen molar-refractivity contribution in [2.45, 2.75) is 6.10 Å². The lowest BCUT2D eigenvalue weighted by Crippen LogP contribution is -2.35. The molecule has 1 amide bonds. The lowest BCUT2D eigenvalue weighted by Gasteiger charge is -2.24. The van der Waals surface area contributed by atoms with Gasteiger partial charge in [0, 0.05) is 19.0 Å². The minimum Gasteiger partial charge on any atom is -0.465 e.